The Labute approximate surface area is 94.3 Å². The van der Waals surface area contributed by atoms with Crippen LogP contribution in [0.25, 0.3) is 0 Å². The maximum absolute atomic E-state index is 10.5. The van der Waals surface area contributed by atoms with Crippen molar-refractivity contribution in [3.05, 3.63) is 30.1 Å². The maximum Gasteiger partial charge on any atom is 0.303 e. The van der Waals surface area contributed by atoms with Crippen molar-refractivity contribution in [1.82, 2.24) is 4.98 Å². The highest BCUT2D eigenvalue weighted by Gasteiger charge is 2.39. The highest BCUT2D eigenvalue weighted by Crippen LogP contribution is 2.36. The van der Waals surface area contributed by atoms with Crippen LogP contribution in [-0.2, 0) is 14.9 Å². The van der Waals surface area contributed by atoms with Gasteiger partial charge in [0.05, 0.1) is 13.2 Å². The van der Waals surface area contributed by atoms with Crippen LogP contribution in [0.4, 0.5) is 0 Å². The second kappa shape index (κ2) is 4.61. The third-order valence-electron chi connectivity index (χ3n) is 3.08. The first-order chi connectivity index (χ1) is 7.73. The minimum atomic E-state index is -0.735. The minimum Gasteiger partial charge on any atom is -0.481 e. The van der Waals surface area contributed by atoms with Gasteiger partial charge in [0.15, 0.2) is 0 Å². The van der Waals surface area contributed by atoms with Gasteiger partial charge in [0.25, 0.3) is 0 Å². The minimum absolute atomic E-state index is 0.00368. The van der Waals surface area contributed by atoms with E-state index in [2.05, 4.69) is 4.98 Å². The largest absolute Gasteiger partial charge is 0.481 e. The Morgan fingerprint density at radius 2 is 2.38 bits per heavy atom. The number of nitrogens with zero attached hydrogens (tertiary/aromatic N) is 1. The lowest BCUT2D eigenvalue weighted by atomic mass is 9.75. The van der Waals surface area contributed by atoms with Crippen molar-refractivity contribution < 1.29 is 14.6 Å². The normalized spacial score (nSPS) is 17.8. The van der Waals surface area contributed by atoms with Crippen molar-refractivity contribution in [2.24, 2.45) is 0 Å². The standard InChI is InChI=1S/C12H15NO3/c14-11(15)4-1-5-12(8-16-9-12)10-3-2-6-13-7-10/h2-3,6-7H,1,4-5,8-9H2,(H,14,15). The third-order valence-corrected chi connectivity index (χ3v) is 3.08. The molecule has 0 spiro atoms. The van der Waals surface area contributed by atoms with Crippen LogP contribution >= 0.6 is 0 Å². The smallest absolute Gasteiger partial charge is 0.303 e. The van der Waals surface area contributed by atoms with E-state index >= 15 is 0 Å². The molecule has 1 saturated heterocycles. The van der Waals surface area contributed by atoms with Gasteiger partial charge in [-0.3, -0.25) is 9.78 Å². The Hall–Kier alpha value is -1.42. The van der Waals surface area contributed by atoms with E-state index in [1.54, 1.807) is 6.20 Å². The number of carbonyl (C=O) groups is 1. The monoisotopic (exact) mass is 221 g/mol. The molecule has 1 aliphatic heterocycles. The van der Waals surface area contributed by atoms with Crippen molar-refractivity contribution in [2.75, 3.05) is 13.2 Å². The van der Waals surface area contributed by atoms with Crippen LogP contribution in [-0.4, -0.2) is 29.3 Å². The molecule has 0 amide bonds. The summed E-state index contributed by atoms with van der Waals surface area (Å²) in [6, 6.07) is 3.95. The molecule has 4 heteroatoms. The molecular formula is C12H15NO3. The van der Waals surface area contributed by atoms with Crippen molar-refractivity contribution in [3.8, 4) is 0 Å². The van der Waals surface area contributed by atoms with E-state index < -0.39 is 5.97 Å². The van der Waals surface area contributed by atoms with E-state index in [0.29, 0.717) is 19.6 Å². The Balaban J connectivity index is 2.00. The second-order valence-corrected chi connectivity index (χ2v) is 4.26. The summed E-state index contributed by atoms with van der Waals surface area (Å²) in [6.07, 6.45) is 5.36. The lowest BCUT2D eigenvalue weighted by Gasteiger charge is -2.41. The lowest BCUT2D eigenvalue weighted by molar-refractivity contribution is -0.137. The molecule has 0 atom stereocenters. The van der Waals surface area contributed by atoms with E-state index in [0.717, 1.165) is 12.0 Å². The van der Waals surface area contributed by atoms with E-state index in [4.69, 9.17) is 9.84 Å². The number of carboxylic acid groups (broad SMARTS) is 1. The van der Waals surface area contributed by atoms with Crippen LogP contribution in [0.2, 0.25) is 0 Å². The number of aliphatic carboxylic acids is 1. The van der Waals surface area contributed by atoms with Crippen molar-refractivity contribution in [1.29, 1.82) is 0 Å². The van der Waals surface area contributed by atoms with Gasteiger partial charge in [0.2, 0.25) is 0 Å². The number of rotatable bonds is 5. The van der Waals surface area contributed by atoms with Gasteiger partial charge in [-0.25, -0.2) is 0 Å². The summed E-state index contributed by atoms with van der Waals surface area (Å²) >= 11 is 0. The van der Waals surface area contributed by atoms with Crippen LogP contribution in [0, 0.1) is 0 Å². The first-order valence-electron chi connectivity index (χ1n) is 5.43. The Bertz CT molecular complexity index is 360. The third kappa shape index (κ3) is 2.22. The van der Waals surface area contributed by atoms with E-state index in [-0.39, 0.29) is 11.8 Å². The van der Waals surface area contributed by atoms with Gasteiger partial charge < -0.3 is 9.84 Å². The van der Waals surface area contributed by atoms with Gasteiger partial charge in [-0.2, -0.15) is 0 Å². The molecule has 1 aromatic heterocycles. The molecular weight excluding hydrogens is 206 g/mol. The maximum atomic E-state index is 10.5. The summed E-state index contributed by atoms with van der Waals surface area (Å²) in [5.41, 5.74) is 1.16. The van der Waals surface area contributed by atoms with Crippen LogP contribution in [0.15, 0.2) is 24.5 Å². The van der Waals surface area contributed by atoms with Gasteiger partial charge in [-0.05, 0) is 24.5 Å². The summed E-state index contributed by atoms with van der Waals surface area (Å²) in [6.45, 7) is 1.36. The summed E-state index contributed by atoms with van der Waals surface area (Å²) in [5, 5.41) is 8.63. The summed E-state index contributed by atoms with van der Waals surface area (Å²) in [7, 11) is 0. The molecule has 0 bridgehead atoms. The van der Waals surface area contributed by atoms with Gasteiger partial charge >= 0.3 is 5.97 Å². The van der Waals surface area contributed by atoms with E-state index in [1.807, 2.05) is 18.3 Å². The van der Waals surface area contributed by atoms with Crippen molar-refractivity contribution in [3.63, 3.8) is 0 Å². The Morgan fingerprint density at radius 1 is 1.56 bits per heavy atom. The van der Waals surface area contributed by atoms with Crippen LogP contribution in [0.1, 0.15) is 24.8 Å². The van der Waals surface area contributed by atoms with Gasteiger partial charge in [-0.15, -0.1) is 0 Å². The molecule has 2 rings (SSSR count). The zero-order chi connectivity index (χ0) is 11.4. The highest BCUT2D eigenvalue weighted by atomic mass is 16.5. The van der Waals surface area contributed by atoms with Crippen LogP contribution in [0.5, 0.6) is 0 Å². The first kappa shape index (κ1) is 11.1. The number of pyridine rings is 1. The molecule has 0 aromatic carbocycles. The summed E-state index contributed by atoms with van der Waals surface area (Å²) in [5.74, 6) is -0.735. The number of hydrogen-bond acceptors (Lipinski definition) is 3. The first-order valence-corrected chi connectivity index (χ1v) is 5.43. The second-order valence-electron chi connectivity index (χ2n) is 4.26. The molecule has 0 radical (unpaired) electrons. The fourth-order valence-electron chi connectivity index (χ4n) is 2.06. The fourth-order valence-corrected chi connectivity index (χ4v) is 2.06. The fraction of sp³-hybridized carbons (Fsp3) is 0.500. The SMILES string of the molecule is O=C(O)CCCC1(c2cccnc2)COC1. The van der Waals surface area contributed by atoms with Crippen LogP contribution < -0.4 is 0 Å². The lowest BCUT2D eigenvalue weighted by Crippen LogP contribution is -2.46. The molecule has 86 valence electrons. The molecule has 16 heavy (non-hydrogen) atoms. The van der Waals surface area contributed by atoms with E-state index in [9.17, 15) is 4.79 Å². The summed E-state index contributed by atoms with van der Waals surface area (Å²) in [4.78, 5) is 14.6. The van der Waals surface area contributed by atoms with Crippen LogP contribution in [0.3, 0.4) is 0 Å². The Kier molecular flexibility index (Phi) is 3.19. The molecule has 1 aromatic rings. The predicted octanol–water partition coefficient (Wildman–Crippen LogP) is 1.60. The topological polar surface area (TPSA) is 59.4 Å². The van der Waals surface area contributed by atoms with E-state index in [1.165, 1.54) is 0 Å². The number of carboxylic acids is 1. The number of aromatic nitrogens is 1. The predicted molar refractivity (Wildman–Crippen MR) is 58.2 cm³/mol. The number of ether oxygens (including phenoxy) is 1. The molecule has 2 heterocycles. The Morgan fingerprint density at radius 3 is 2.88 bits per heavy atom. The average molecular weight is 221 g/mol. The highest BCUT2D eigenvalue weighted by molar-refractivity contribution is 5.66. The number of hydrogen-bond donors (Lipinski definition) is 1. The molecule has 4 nitrogen and oxygen atoms in total. The van der Waals surface area contributed by atoms with Crippen molar-refractivity contribution in [2.45, 2.75) is 24.7 Å². The zero-order valence-corrected chi connectivity index (χ0v) is 9.06. The molecule has 0 aliphatic carbocycles. The van der Waals surface area contributed by atoms with Gasteiger partial charge in [-0.1, -0.05) is 6.07 Å². The summed E-state index contributed by atoms with van der Waals surface area (Å²) < 4.78 is 5.27. The molecule has 1 fully saturated rings. The van der Waals surface area contributed by atoms with Crippen molar-refractivity contribution >= 4 is 5.97 Å². The zero-order valence-electron chi connectivity index (χ0n) is 9.06. The quantitative estimate of drug-likeness (QED) is 0.820. The molecule has 1 aliphatic rings. The molecule has 0 saturated carbocycles. The average Bonchev–Trinajstić information content (AvgIpc) is 2.23. The molecule has 0 unspecified atom stereocenters. The molecule has 1 N–H and O–H groups in total. The van der Waals surface area contributed by atoms with Gasteiger partial charge in [0, 0.05) is 24.2 Å². The van der Waals surface area contributed by atoms with Gasteiger partial charge in [0.1, 0.15) is 0 Å².